The van der Waals surface area contributed by atoms with Gasteiger partial charge in [0, 0.05) is 20.8 Å². The van der Waals surface area contributed by atoms with Gasteiger partial charge in [-0.1, -0.05) is 12.8 Å². The van der Waals surface area contributed by atoms with Gasteiger partial charge in [-0.25, -0.2) is 0 Å². The number of likely N-dealkylation sites (N-methyl/N-ethyl adjacent to an activating group) is 2. The first-order valence-electron chi connectivity index (χ1n) is 4.41. The third-order valence-corrected chi connectivity index (χ3v) is 2.19. The molecule has 0 unspecified atom stereocenters. The standard InChI is InChI=1S/C10H18N2/c1-11(2)9-7-5-6-8-10(9)12(3)4/h8H,1,5-7H2,2-4H3. The van der Waals surface area contributed by atoms with Crippen LogP contribution in [0.4, 0.5) is 0 Å². The highest BCUT2D eigenvalue weighted by Gasteiger charge is 2.18. The molecule has 68 valence electrons. The van der Waals surface area contributed by atoms with Gasteiger partial charge in [-0.2, -0.15) is 6.08 Å². The van der Waals surface area contributed by atoms with Crippen LogP contribution in [0.25, 0.3) is 0 Å². The lowest BCUT2D eigenvalue weighted by Gasteiger charge is -2.31. The first-order valence-corrected chi connectivity index (χ1v) is 4.41. The summed E-state index contributed by atoms with van der Waals surface area (Å²) in [5.74, 6) is 0. The van der Waals surface area contributed by atoms with Crippen LogP contribution >= 0.6 is 0 Å². The fraction of sp³-hybridized carbons (Fsp3) is 0.600. The SMILES string of the molecule is C=[N+](C)[C-]1CCCC=C1N(C)C. The molecule has 0 aromatic heterocycles. The molecule has 0 saturated heterocycles. The molecule has 0 aliphatic heterocycles. The molecule has 0 heterocycles. The van der Waals surface area contributed by atoms with Crippen LogP contribution in [0.5, 0.6) is 0 Å². The van der Waals surface area contributed by atoms with E-state index in [0.29, 0.717) is 0 Å². The van der Waals surface area contributed by atoms with Gasteiger partial charge in [0.25, 0.3) is 0 Å². The minimum Gasteiger partial charge on any atom is -0.394 e. The molecular formula is C10H18N2. The molecule has 0 aromatic carbocycles. The Labute approximate surface area is 75.2 Å². The molecule has 2 nitrogen and oxygen atoms in total. The fourth-order valence-corrected chi connectivity index (χ4v) is 1.58. The number of hydrogen-bond donors (Lipinski definition) is 0. The van der Waals surface area contributed by atoms with Gasteiger partial charge in [-0.15, -0.1) is 0 Å². The normalized spacial score (nSPS) is 17.2. The van der Waals surface area contributed by atoms with Crippen molar-refractivity contribution in [1.82, 2.24) is 4.90 Å². The highest BCUT2D eigenvalue weighted by molar-refractivity contribution is 5.24. The molecule has 0 saturated carbocycles. The van der Waals surface area contributed by atoms with E-state index in [1.54, 1.807) is 0 Å². The molecule has 0 atom stereocenters. The quantitative estimate of drug-likeness (QED) is 0.342. The first kappa shape index (κ1) is 9.17. The summed E-state index contributed by atoms with van der Waals surface area (Å²) >= 11 is 0. The van der Waals surface area contributed by atoms with Crippen LogP contribution in [0.1, 0.15) is 19.3 Å². The predicted molar refractivity (Wildman–Crippen MR) is 52.2 cm³/mol. The number of hydrogen-bond acceptors (Lipinski definition) is 1. The van der Waals surface area contributed by atoms with Crippen molar-refractivity contribution >= 4 is 6.72 Å². The smallest absolute Gasteiger partial charge is 0.115 e. The monoisotopic (exact) mass is 166 g/mol. The topological polar surface area (TPSA) is 6.25 Å². The second-order valence-corrected chi connectivity index (χ2v) is 3.52. The van der Waals surface area contributed by atoms with E-state index in [4.69, 9.17) is 0 Å². The van der Waals surface area contributed by atoms with Gasteiger partial charge in [0.05, 0.1) is 6.04 Å². The molecule has 1 aliphatic carbocycles. The number of nitrogens with zero attached hydrogens (tertiary/aromatic N) is 2. The first-order chi connectivity index (χ1) is 5.63. The zero-order valence-corrected chi connectivity index (χ0v) is 8.30. The van der Waals surface area contributed by atoms with E-state index in [1.807, 2.05) is 11.6 Å². The number of allylic oxidation sites excluding steroid dienone is 1. The van der Waals surface area contributed by atoms with E-state index in [2.05, 4.69) is 31.8 Å². The third-order valence-electron chi connectivity index (χ3n) is 2.19. The van der Waals surface area contributed by atoms with E-state index in [9.17, 15) is 0 Å². The Hall–Kier alpha value is -0.920. The zero-order chi connectivity index (χ0) is 9.14. The highest BCUT2D eigenvalue weighted by atomic mass is 15.1. The van der Waals surface area contributed by atoms with Gasteiger partial charge in [0.1, 0.15) is 7.05 Å². The van der Waals surface area contributed by atoms with Crippen LogP contribution in [0, 0.1) is 6.04 Å². The maximum atomic E-state index is 3.92. The maximum Gasteiger partial charge on any atom is 0.115 e. The summed E-state index contributed by atoms with van der Waals surface area (Å²) in [6.45, 7) is 3.92. The van der Waals surface area contributed by atoms with Crippen molar-refractivity contribution in [2.45, 2.75) is 19.3 Å². The van der Waals surface area contributed by atoms with Gasteiger partial charge in [-0.05, 0) is 12.1 Å². The summed E-state index contributed by atoms with van der Waals surface area (Å²) in [7, 11) is 6.18. The summed E-state index contributed by atoms with van der Waals surface area (Å²) in [4.78, 5) is 2.16. The van der Waals surface area contributed by atoms with Crippen molar-refractivity contribution in [3.05, 3.63) is 17.8 Å². The Morgan fingerprint density at radius 3 is 2.67 bits per heavy atom. The Morgan fingerprint density at radius 1 is 1.58 bits per heavy atom. The van der Waals surface area contributed by atoms with Crippen molar-refractivity contribution in [1.29, 1.82) is 0 Å². The van der Waals surface area contributed by atoms with Gasteiger partial charge in [0.2, 0.25) is 0 Å². The highest BCUT2D eigenvalue weighted by Crippen LogP contribution is 2.27. The molecule has 2 heteroatoms. The van der Waals surface area contributed by atoms with Gasteiger partial charge >= 0.3 is 0 Å². The molecule has 0 bridgehead atoms. The number of rotatable bonds is 2. The molecule has 0 aromatic rings. The van der Waals surface area contributed by atoms with Crippen LogP contribution in [0.15, 0.2) is 11.8 Å². The minimum absolute atomic E-state index is 1.16. The van der Waals surface area contributed by atoms with Crippen LogP contribution in [0.2, 0.25) is 0 Å². The average Bonchev–Trinajstić information content (AvgIpc) is 2.04. The lowest BCUT2D eigenvalue weighted by atomic mass is 9.98. The van der Waals surface area contributed by atoms with Gasteiger partial charge < -0.3 is 9.48 Å². The van der Waals surface area contributed by atoms with Crippen molar-refractivity contribution in [2.75, 3.05) is 21.1 Å². The maximum absolute atomic E-state index is 3.92. The second kappa shape index (κ2) is 3.65. The molecule has 0 spiro atoms. The molecule has 0 radical (unpaired) electrons. The van der Waals surface area contributed by atoms with E-state index >= 15 is 0 Å². The van der Waals surface area contributed by atoms with Crippen molar-refractivity contribution in [3.63, 3.8) is 0 Å². The summed E-state index contributed by atoms with van der Waals surface area (Å²) in [5, 5.41) is 0. The summed E-state index contributed by atoms with van der Waals surface area (Å²) in [6.07, 6.45) is 5.90. The Morgan fingerprint density at radius 2 is 2.25 bits per heavy atom. The Bertz CT molecular complexity index is 204. The minimum atomic E-state index is 1.16. The molecule has 0 fully saturated rings. The second-order valence-electron chi connectivity index (χ2n) is 3.52. The van der Waals surface area contributed by atoms with E-state index in [1.165, 1.54) is 24.6 Å². The molecule has 0 N–H and O–H groups in total. The van der Waals surface area contributed by atoms with Crippen LogP contribution in [-0.4, -0.2) is 37.3 Å². The fourth-order valence-electron chi connectivity index (χ4n) is 1.58. The van der Waals surface area contributed by atoms with Gasteiger partial charge in [-0.3, -0.25) is 0 Å². The zero-order valence-electron chi connectivity index (χ0n) is 8.30. The van der Waals surface area contributed by atoms with Gasteiger partial charge in [0.15, 0.2) is 0 Å². The summed E-state index contributed by atoms with van der Waals surface area (Å²) < 4.78 is 1.98. The van der Waals surface area contributed by atoms with Crippen LogP contribution in [-0.2, 0) is 0 Å². The summed E-state index contributed by atoms with van der Waals surface area (Å²) in [5.41, 5.74) is 1.33. The largest absolute Gasteiger partial charge is 0.394 e. The lowest BCUT2D eigenvalue weighted by Crippen LogP contribution is -2.26. The summed E-state index contributed by atoms with van der Waals surface area (Å²) in [6, 6.07) is 1.35. The Kier molecular flexibility index (Phi) is 2.79. The van der Waals surface area contributed by atoms with Crippen LogP contribution in [0.3, 0.4) is 0 Å². The van der Waals surface area contributed by atoms with Crippen molar-refractivity contribution in [2.24, 2.45) is 0 Å². The van der Waals surface area contributed by atoms with Crippen molar-refractivity contribution in [3.8, 4) is 0 Å². The molecular weight excluding hydrogens is 148 g/mol. The Balaban J connectivity index is 2.78. The third kappa shape index (κ3) is 1.81. The van der Waals surface area contributed by atoms with E-state index in [-0.39, 0.29) is 0 Å². The molecule has 0 amide bonds. The molecule has 1 rings (SSSR count). The average molecular weight is 166 g/mol. The van der Waals surface area contributed by atoms with E-state index in [0.717, 1.165) is 6.42 Å². The lowest BCUT2D eigenvalue weighted by molar-refractivity contribution is -0.472. The molecule has 1 aliphatic rings. The van der Waals surface area contributed by atoms with E-state index < -0.39 is 0 Å². The van der Waals surface area contributed by atoms with Crippen molar-refractivity contribution < 1.29 is 4.58 Å². The molecule has 12 heavy (non-hydrogen) atoms. The van der Waals surface area contributed by atoms with Crippen LogP contribution < -0.4 is 0 Å². The predicted octanol–water partition coefficient (Wildman–Crippen LogP) is 1.49.